The Hall–Kier alpha value is -1.73. The van der Waals surface area contributed by atoms with Gasteiger partial charge in [-0.05, 0) is 14.0 Å². The third-order valence-electron chi connectivity index (χ3n) is 2.75. The van der Waals surface area contributed by atoms with Gasteiger partial charge in [-0.25, -0.2) is 4.98 Å². The predicted molar refractivity (Wildman–Crippen MR) is 74.5 cm³/mol. The summed E-state index contributed by atoms with van der Waals surface area (Å²) in [5.41, 5.74) is 1.49. The highest BCUT2D eigenvalue weighted by Crippen LogP contribution is 2.11. The summed E-state index contributed by atoms with van der Waals surface area (Å²) in [6.07, 6.45) is 0. The smallest absolute Gasteiger partial charge is 0.259 e. The quantitative estimate of drug-likeness (QED) is 0.871. The zero-order chi connectivity index (χ0) is 14.0. The van der Waals surface area contributed by atoms with Crippen LogP contribution in [0.25, 0.3) is 4.96 Å². The second-order valence-electron chi connectivity index (χ2n) is 4.43. The number of rotatable bonds is 4. The summed E-state index contributed by atoms with van der Waals surface area (Å²) in [4.78, 5) is 30.2. The monoisotopic (exact) mass is 280 g/mol. The van der Waals surface area contributed by atoms with Gasteiger partial charge in [-0.15, -0.1) is 11.3 Å². The van der Waals surface area contributed by atoms with Crippen LogP contribution < -0.4 is 10.9 Å². The summed E-state index contributed by atoms with van der Waals surface area (Å²) in [5, 5.41) is 4.47. The van der Waals surface area contributed by atoms with Crippen LogP contribution in [0.2, 0.25) is 0 Å². The highest BCUT2D eigenvalue weighted by molar-refractivity contribution is 7.15. The molecule has 0 radical (unpaired) electrons. The lowest BCUT2D eigenvalue weighted by atomic mass is 10.3. The molecule has 0 aliphatic heterocycles. The lowest BCUT2D eigenvalue weighted by molar-refractivity contribution is -0.121. The summed E-state index contributed by atoms with van der Waals surface area (Å²) in [7, 11) is 3.42. The van der Waals surface area contributed by atoms with E-state index >= 15 is 0 Å². The molecule has 0 aromatic carbocycles. The van der Waals surface area contributed by atoms with E-state index in [1.54, 1.807) is 11.4 Å². The maximum absolute atomic E-state index is 12.0. The third kappa shape index (κ3) is 2.99. The van der Waals surface area contributed by atoms with Gasteiger partial charge in [-0.1, -0.05) is 0 Å². The van der Waals surface area contributed by atoms with Gasteiger partial charge in [-0.2, -0.15) is 0 Å². The zero-order valence-corrected chi connectivity index (χ0v) is 12.0. The molecule has 2 aromatic rings. The molecule has 0 bridgehead atoms. The summed E-state index contributed by atoms with van der Waals surface area (Å²) >= 11 is 1.44. The number of nitrogens with one attached hydrogen (secondary N) is 1. The maximum Gasteiger partial charge on any atom is 0.259 e. The molecular formula is C12H16N4O2S. The van der Waals surface area contributed by atoms with Crippen LogP contribution in [0, 0.1) is 6.92 Å². The lowest BCUT2D eigenvalue weighted by Crippen LogP contribution is -2.33. The molecule has 0 spiro atoms. The summed E-state index contributed by atoms with van der Waals surface area (Å²) in [6, 6.07) is 1.52. The minimum atomic E-state index is -0.0768. The molecule has 0 unspecified atom stereocenters. The number of carbonyl (C=O) groups excluding carboxylic acids is 1. The number of hydrogen-bond acceptors (Lipinski definition) is 5. The van der Waals surface area contributed by atoms with E-state index in [0.29, 0.717) is 17.2 Å². The highest BCUT2D eigenvalue weighted by Gasteiger charge is 2.10. The molecule has 0 saturated heterocycles. The van der Waals surface area contributed by atoms with Gasteiger partial charge in [0.1, 0.15) is 0 Å². The Morgan fingerprint density at radius 1 is 1.58 bits per heavy atom. The van der Waals surface area contributed by atoms with Gasteiger partial charge >= 0.3 is 0 Å². The van der Waals surface area contributed by atoms with E-state index < -0.39 is 0 Å². The fraction of sp³-hybridized carbons (Fsp3) is 0.417. The van der Waals surface area contributed by atoms with Crippen LogP contribution in [0.3, 0.4) is 0 Å². The number of aromatic nitrogens is 2. The van der Waals surface area contributed by atoms with E-state index in [1.165, 1.54) is 17.4 Å². The van der Waals surface area contributed by atoms with Gasteiger partial charge in [0.2, 0.25) is 5.91 Å². The molecule has 0 atom stereocenters. The number of hydrogen-bond donors (Lipinski definition) is 1. The van der Waals surface area contributed by atoms with Gasteiger partial charge in [0, 0.05) is 30.7 Å². The van der Waals surface area contributed by atoms with Crippen LogP contribution in [0.15, 0.2) is 16.2 Å². The SMILES string of the molecule is CNC(=O)CN(C)Cc1cc(=O)n2c(C)csc2n1. The number of thiazole rings is 1. The number of nitrogens with zero attached hydrogens (tertiary/aromatic N) is 3. The van der Waals surface area contributed by atoms with Crippen molar-refractivity contribution in [2.24, 2.45) is 0 Å². The van der Waals surface area contributed by atoms with Gasteiger partial charge < -0.3 is 5.32 Å². The summed E-state index contributed by atoms with van der Waals surface area (Å²) in [5.74, 6) is -0.0627. The first kappa shape index (κ1) is 13.7. The van der Waals surface area contributed by atoms with Gasteiger partial charge in [0.15, 0.2) is 4.96 Å². The first-order valence-corrected chi connectivity index (χ1v) is 6.75. The van der Waals surface area contributed by atoms with E-state index in [0.717, 1.165) is 5.69 Å². The largest absolute Gasteiger partial charge is 0.358 e. The Morgan fingerprint density at radius 3 is 3.00 bits per heavy atom. The Morgan fingerprint density at radius 2 is 2.32 bits per heavy atom. The van der Waals surface area contributed by atoms with E-state index in [1.807, 2.05) is 24.3 Å². The summed E-state index contributed by atoms with van der Waals surface area (Å²) in [6.45, 7) is 2.63. The average molecular weight is 280 g/mol. The molecule has 2 rings (SSSR count). The molecule has 0 aliphatic carbocycles. The van der Waals surface area contributed by atoms with E-state index in [9.17, 15) is 9.59 Å². The van der Waals surface area contributed by atoms with Crippen molar-refractivity contribution in [2.75, 3.05) is 20.6 Å². The standard InChI is InChI=1S/C12H16N4O2S/c1-8-7-19-12-14-9(4-11(18)16(8)12)5-15(3)6-10(17)13-2/h4,7H,5-6H2,1-3H3,(H,13,17). The van der Waals surface area contributed by atoms with Crippen molar-refractivity contribution >= 4 is 22.2 Å². The van der Waals surface area contributed by atoms with Crippen LogP contribution >= 0.6 is 11.3 Å². The van der Waals surface area contributed by atoms with Crippen molar-refractivity contribution in [3.63, 3.8) is 0 Å². The molecule has 102 valence electrons. The van der Waals surface area contributed by atoms with Crippen molar-refractivity contribution in [3.8, 4) is 0 Å². The second-order valence-corrected chi connectivity index (χ2v) is 5.26. The van der Waals surface area contributed by atoms with E-state index in [4.69, 9.17) is 0 Å². The first-order valence-electron chi connectivity index (χ1n) is 5.87. The Bertz CT molecular complexity index is 661. The minimum absolute atomic E-state index is 0.0627. The summed E-state index contributed by atoms with van der Waals surface area (Å²) < 4.78 is 1.59. The normalized spacial score (nSPS) is 11.2. The molecule has 0 saturated carbocycles. The van der Waals surface area contributed by atoms with Crippen molar-refractivity contribution in [2.45, 2.75) is 13.5 Å². The molecule has 0 fully saturated rings. The van der Waals surface area contributed by atoms with Gasteiger partial charge in [-0.3, -0.25) is 18.9 Å². The van der Waals surface area contributed by atoms with Crippen molar-refractivity contribution in [3.05, 3.63) is 33.2 Å². The predicted octanol–water partition coefficient (Wildman–Crippen LogP) is 0.242. The maximum atomic E-state index is 12.0. The number of amides is 1. The molecular weight excluding hydrogens is 264 g/mol. The Labute approximate surface area is 114 Å². The van der Waals surface area contributed by atoms with Crippen LogP contribution in [0.1, 0.15) is 11.4 Å². The Kier molecular flexibility index (Phi) is 3.96. The lowest BCUT2D eigenvalue weighted by Gasteiger charge is -2.14. The second kappa shape index (κ2) is 5.50. The van der Waals surface area contributed by atoms with Crippen LogP contribution in [0.5, 0.6) is 0 Å². The first-order chi connectivity index (χ1) is 9.01. The third-order valence-corrected chi connectivity index (χ3v) is 3.70. The van der Waals surface area contributed by atoms with Crippen molar-refractivity contribution < 1.29 is 4.79 Å². The molecule has 7 heteroatoms. The molecule has 2 aromatic heterocycles. The van der Waals surface area contributed by atoms with Gasteiger partial charge in [0.25, 0.3) is 5.56 Å². The van der Waals surface area contributed by atoms with E-state index in [2.05, 4.69) is 10.3 Å². The zero-order valence-electron chi connectivity index (χ0n) is 11.1. The molecule has 19 heavy (non-hydrogen) atoms. The molecule has 6 nitrogen and oxygen atoms in total. The Balaban J connectivity index is 2.22. The average Bonchev–Trinajstić information content (AvgIpc) is 2.70. The van der Waals surface area contributed by atoms with Crippen LogP contribution in [-0.4, -0.2) is 40.8 Å². The van der Waals surface area contributed by atoms with Crippen LogP contribution in [-0.2, 0) is 11.3 Å². The highest BCUT2D eigenvalue weighted by atomic mass is 32.1. The number of aryl methyl sites for hydroxylation is 1. The van der Waals surface area contributed by atoms with Crippen molar-refractivity contribution in [1.82, 2.24) is 19.6 Å². The topological polar surface area (TPSA) is 66.7 Å². The number of fused-ring (bicyclic) bond motifs is 1. The molecule has 0 aliphatic rings. The molecule has 1 N–H and O–H groups in total. The fourth-order valence-corrected chi connectivity index (χ4v) is 2.73. The molecule has 1 amide bonds. The molecule has 2 heterocycles. The number of carbonyl (C=O) groups is 1. The van der Waals surface area contributed by atoms with Crippen LogP contribution in [0.4, 0.5) is 0 Å². The van der Waals surface area contributed by atoms with Gasteiger partial charge in [0.05, 0.1) is 12.2 Å². The van der Waals surface area contributed by atoms with E-state index in [-0.39, 0.29) is 18.0 Å². The van der Waals surface area contributed by atoms with Crippen molar-refractivity contribution in [1.29, 1.82) is 0 Å². The fourth-order valence-electron chi connectivity index (χ4n) is 1.84. The number of likely N-dealkylation sites (N-methyl/N-ethyl adjacent to an activating group) is 2. The minimum Gasteiger partial charge on any atom is -0.358 e.